The van der Waals surface area contributed by atoms with Gasteiger partial charge in [-0.2, -0.15) is 10.4 Å². The summed E-state index contributed by atoms with van der Waals surface area (Å²) in [4.78, 5) is 2.29. The van der Waals surface area contributed by atoms with Gasteiger partial charge in [0.1, 0.15) is 17.5 Å². The van der Waals surface area contributed by atoms with Crippen LogP contribution < -0.4 is 5.32 Å². The van der Waals surface area contributed by atoms with Crippen LogP contribution in [0.15, 0.2) is 36.5 Å². The second-order valence-electron chi connectivity index (χ2n) is 6.86. The van der Waals surface area contributed by atoms with Gasteiger partial charge in [-0.15, -0.1) is 0 Å². The van der Waals surface area contributed by atoms with Crippen LogP contribution in [0.4, 0.5) is 5.82 Å². The molecule has 1 aromatic heterocycles. The van der Waals surface area contributed by atoms with Gasteiger partial charge in [-0.05, 0) is 12.5 Å². The van der Waals surface area contributed by atoms with Crippen molar-refractivity contribution < 1.29 is 9.84 Å². The van der Waals surface area contributed by atoms with E-state index in [4.69, 9.17) is 4.74 Å². The van der Waals surface area contributed by atoms with Gasteiger partial charge in [-0.1, -0.05) is 30.3 Å². The summed E-state index contributed by atoms with van der Waals surface area (Å²) < 4.78 is 7.42. The third-order valence-electron chi connectivity index (χ3n) is 5.01. The van der Waals surface area contributed by atoms with Gasteiger partial charge in [0.15, 0.2) is 0 Å². The predicted molar refractivity (Wildman–Crippen MR) is 98.5 cm³/mol. The third-order valence-corrected chi connectivity index (χ3v) is 5.01. The Morgan fingerprint density at radius 3 is 2.88 bits per heavy atom. The van der Waals surface area contributed by atoms with Gasteiger partial charge in [0.2, 0.25) is 0 Å². The SMILES string of the molecule is C[C@@H]1COC[C@@](CO)(CNc2c(C#N)cnn2C)N1Cc1ccccc1. The number of ether oxygens (including phenoxy) is 1. The van der Waals surface area contributed by atoms with Gasteiger partial charge in [-0.3, -0.25) is 9.58 Å². The van der Waals surface area contributed by atoms with E-state index in [0.717, 1.165) is 6.54 Å². The minimum absolute atomic E-state index is 0.0447. The number of nitrogens with zero attached hydrogens (tertiary/aromatic N) is 4. The lowest BCUT2D eigenvalue weighted by Crippen LogP contribution is -2.65. The van der Waals surface area contributed by atoms with Gasteiger partial charge in [0.05, 0.1) is 31.6 Å². The number of anilines is 1. The summed E-state index contributed by atoms with van der Waals surface area (Å²) in [5.41, 5.74) is 1.10. The van der Waals surface area contributed by atoms with Crippen molar-refractivity contribution in [3.63, 3.8) is 0 Å². The molecule has 3 rings (SSSR count). The number of aromatic nitrogens is 2. The number of aryl methyl sites for hydroxylation is 1. The van der Waals surface area contributed by atoms with Gasteiger partial charge in [-0.25, -0.2) is 0 Å². The molecule has 0 unspecified atom stereocenters. The van der Waals surface area contributed by atoms with Crippen molar-refractivity contribution in [1.29, 1.82) is 5.26 Å². The number of rotatable bonds is 6. The normalized spacial score (nSPS) is 23.5. The number of hydrogen-bond donors (Lipinski definition) is 2. The van der Waals surface area contributed by atoms with Crippen LogP contribution in [-0.4, -0.2) is 57.7 Å². The summed E-state index contributed by atoms with van der Waals surface area (Å²) in [7, 11) is 1.79. The lowest BCUT2D eigenvalue weighted by Gasteiger charge is -2.49. The Balaban J connectivity index is 1.83. The van der Waals surface area contributed by atoms with Crippen molar-refractivity contribution in [2.45, 2.75) is 25.0 Å². The van der Waals surface area contributed by atoms with E-state index in [2.05, 4.69) is 40.4 Å². The number of nitrogens with one attached hydrogen (secondary N) is 1. The first kappa shape index (κ1) is 18.4. The standard InChI is InChI=1S/C19H25N5O2/c1-15-11-26-14-19(13-25,24(15)10-16-6-4-3-5-7-16)12-21-18-17(8-20)9-22-23(18)2/h3-7,9,15,21,25H,10-14H2,1-2H3/t15-,19+/m1/s1. The number of hydrogen-bond acceptors (Lipinski definition) is 6. The number of aliphatic hydroxyl groups is 1. The summed E-state index contributed by atoms with van der Waals surface area (Å²) in [6, 6.07) is 12.5. The highest BCUT2D eigenvalue weighted by Gasteiger charge is 2.42. The highest BCUT2D eigenvalue weighted by Crippen LogP contribution is 2.27. The van der Waals surface area contributed by atoms with Crippen LogP contribution in [0.1, 0.15) is 18.1 Å². The zero-order chi connectivity index (χ0) is 18.6. The molecular formula is C19H25N5O2. The number of morpholine rings is 1. The molecule has 0 radical (unpaired) electrons. The average Bonchev–Trinajstić information content (AvgIpc) is 3.03. The first-order chi connectivity index (χ1) is 12.6. The minimum Gasteiger partial charge on any atom is -0.394 e. The second kappa shape index (κ2) is 7.87. The molecule has 7 heteroatoms. The van der Waals surface area contributed by atoms with Crippen molar-refractivity contribution in [3.8, 4) is 6.07 Å². The zero-order valence-electron chi connectivity index (χ0n) is 15.2. The van der Waals surface area contributed by atoms with Crippen LogP contribution in [0.3, 0.4) is 0 Å². The van der Waals surface area contributed by atoms with Gasteiger partial charge < -0.3 is 15.2 Å². The van der Waals surface area contributed by atoms with E-state index in [0.29, 0.717) is 31.1 Å². The third kappa shape index (κ3) is 3.58. The maximum absolute atomic E-state index is 10.3. The topological polar surface area (TPSA) is 86.3 Å². The molecule has 7 nitrogen and oxygen atoms in total. The molecule has 0 amide bonds. The molecule has 1 fully saturated rings. The van der Waals surface area contributed by atoms with E-state index in [1.54, 1.807) is 11.7 Å². The van der Waals surface area contributed by atoms with Crippen molar-refractivity contribution in [2.75, 3.05) is 31.7 Å². The molecule has 0 spiro atoms. The van der Waals surface area contributed by atoms with Gasteiger partial charge >= 0.3 is 0 Å². The molecule has 0 aliphatic carbocycles. The molecule has 26 heavy (non-hydrogen) atoms. The monoisotopic (exact) mass is 355 g/mol. The Morgan fingerprint density at radius 1 is 1.42 bits per heavy atom. The Morgan fingerprint density at radius 2 is 2.19 bits per heavy atom. The molecule has 1 aliphatic heterocycles. The molecule has 1 aromatic carbocycles. The van der Waals surface area contributed by atoms with Crippen molar-refractivity contribution in [1.82, 2.24) is 14.7 Å². The summed E-state index contributed by atoms with van der Waals surface area (Å²) >= 11 is 0. The summed E-state index contributed by atoms with van der Waals surface area (Å²) in [6.07, 6.45) is 1.54. The molecule has 0 saturated carbocycles. The number of benzene rings is 1. The van der Waals surface area contributed by atoms with E-state index < -0.39 is 5.54 Å². The molecule has 2 aromatic rings. The fourth-order valence-corrected chi connectivity index (χ4v) is 3.49. The lowest BCUT2D eigenvalue weighted by molar-refractivity contribution is -0.117. The largest absolute Gasteiger partial charge is 0.394 e. The van der Waals surface area contributed by atoms with Crippen LogP contribution >= 0.6 is 0 Å². The van der Waals surface area contributed by atoms with Crippen LogP contribution in [0.5, 0.6) is 0 Å². The fraction of sp³-hybridized carbons (Fsp3) is 0.474. The van der Waals surface area contributed by atoms with E-state index in [9.17, 15) is 10.4 Å². The average molecular weight is 355 g/mol. The first-order valence-electron chi connectivity index (χ1n) is 8.75. The van der Waals surface area contributed by atoms with Crippen LogP contribution in [0, 0.1) is 11.3 Å². The summed E-state index contributed by atoms with van der Waals surface area (Å²) in [6.45, 7) is 4.30. The second-order valence-corrected chi connectivity index (χ2v) is 6.86. The predicted octanol–water partition coefficient (Wildman–Crippen LogP) is 1.36. The van der Waals surface area contributed by atoms with Crippen LogP contribution in [-0.2, 0) is 18.3 Å². The van der Waals surface area contributed by atoms with E-state index >= 15 is 0 Å². The minimum atomic E-state index is -0.579. The van der Waals surface area contributed by atoms with Gasteiger partial charge in [0.25, 0.3) is 0 Å². The highest BCUT2D eigenvalue weighted by molar-refractivity contribution is 5.51. The molecule has 138 valence electrons. The van der Waals surface area contributed by atoms with E-state index in [1.807, 2.05) is 18.2 Å². The first-order valence-corrected chi connectivity index (χ1v) is 8.75. The van der Waals surface area contributed by atoms with Gasteiger partial charge in [0, 0.05) is 26.2 Å². The zero-order valence-corrected chi connectivity index (χ0v) is 15.2. The molecule has 1 saturated heterocycles. The smallest absolute Gasteiger partial charge is 0.142 e. The van der Waals surface area contributed by atoms with Crippen molar-refractivity contribution >= 4 is 5.82 Å². The maximum atomic E-state index is 10.3. The fourth-order valence-electron chi connectivity index (χ4n) is 3.49. The Kier molecular flexibility index (Phi) is 5.57. The Hall–Kier alpha value is -2.40. The molecular weight excluding hydrogens is 330 g/mol. The maximum Gasteiger partial charge on any atom is 0.142 e. The molecule has 2 atom stereocenters. The Bertz CT molecular complexity index is 770. The van der Waals surface area contributed by atoms with E-state index in [1.165, 1.54) is 11.8 Å². The quantitative estimate of drug-likeness (QED) is 0.814. The Labute approximate surface area is 153 Å². The summed E-state index contributed by atoms with van der Waals surface area (Å²) in [5.74, 6) is 0.651. The lowest BCUT2D eigenvalue weighted by atomic mass is 9.94. The van der Waals surface area contributed by atoms with Crippen molar-refractivity contribution in [2.24, 2.45) is 7.05 Å². The number of aliphatic hydroxyl groups excluding tert-OH is 1. The van der Waals surface area contributed by atoms with Crippen LogP contribution in [0.2, 0.25) is 0 Å². The number of nitriles is 1. The molecule has 2 N–H and O–H groups in total. The molecule has 1 aliphatic rings. The molecule has 2 heterocycles. The van der Waals surface area contributed by atoms with E-state index in [-0.39, 0.29) is 12.6 Å². The van der Waals surface area contributed by atoms with Crippen molar-refractivity contribution in [3.05, 3.63) is 47.7 Å². The molecule has 0 bridgehead atoms. The summed E-state index contributed by atoms with van der Waals surface area (Å²) in [5, 5.41) is 27.0. The highest BCUT2D eigenvalue weighted by atomic mass is 16.5. The van der Waals surface area contributed by atoms with Crippen LogP contribution in [0.25, 0.3) is 0 Å².